The number of amides is 1. The Morgan fingerprint density at radius 1 is 0.958 bits per heavy atom. The molecule has 0 aliphatic rings. The van der Waals surface area contributed by atoms with E-state index in [-0.39, 0.29) is 5.91 Å². The lowest BCUT2D eigenvalue weighted by Gasteiger charge is -2.08. The summed E-state index contributed by atoms with van der Waals surface area (Å²) in [4.78, 5) is 21.4. The highest BCUT2D eigenvalue weighted by Gasteiger charge is 2.11. The van der Waals surface area contributed by atoms with Crippen LogP contribution in [-0.2, 0) is 0 Å². The SMILES string of the molecule is O=C(NCCS)c1ccc2ccc3ccc4cccnc4c3c2n1. The van der Waals surface area contributed by atoms with Crippen molar-refractivity contribution in [2.24, 2.45) is 0 Å². The minimum Gasteiger partial charge on any atom is -0.350 e. The molecule has 2 aromatic carbocycles. The Balaban J connectivity index is 2.01. The van der Waals surface area contributed by atoms with Crippen molar-refractivity contribution in [2.45, 2.75) is 0 Å². The summed E-state index contributed by atoms with van der Waals surface area (Å²) in [5.41, 5.74) is 2.11. The number of hydrogen-bond acceptors (Lipinski definition) is 4. The predicted octanol–water partition coefficient (Wildman–Crippen LogP) is 3.60. The molecular formula is C19H15N3OS. The number of carbonyl (C=O) groups excluding carboxylic acids is 1. The molecule has 4 aromatic rings. The van der Waals surface area contributed by atoms with E-state index in [0.717, 1.165) is 32.6 Å². The number of pyridine rings is 2. The van der Waals surface area contributed by atoms with E-state index >= 15 is 0 Å². The molecule has 0 atom stereocenters. The zero-order valence-corrected chi connectivity index (χ0v) is 13.8. The standard InChI is InChI=1S/C19H15N3OS/c23-19(21-10-11-24)15-8-7-14-6-4-12-3-5-13-2-1-9-20-17(13)16(12)18(14)22-15/h1-9,24H,10-11H2,(H,21,23). The first-order valence-electron chi connectivity index (χ1n) is 7.74. The van der Waals surface area contributed by atoms with Crippen LogP contribution in [-0.4, -0.2) is 28.2 Å². The van der Waals surface area contributed by atoms with E-state index in [4.69, 9.17) is 0 Å². The van der Waals surface area contributed by atoms with E-state index in [0.29, 0.717) is 18.0 Å². The fourth-order valence-electron chi connectivity index (χ4n) is 2.92. The highest BCUT2D eigenvalue weighted by molar-refractivity contribution is 7.80. The lowest BCUT2D eigenvalue weighted by molar-refractivity contribution is 0.0951. The molecular weight excluding hydrogens is 318 g/mol. The van der Waals surface area contributed by atoms with Crippen molar-refractivity contribution in [3.8, 4) is 0 Å². The summed E-state index contributed by atoms with van der Waals surface area (Å²) >= 11 is 4.11. The number of fused-ring (bicyclic) bond motifs is 5. The highest BCUT2D eigenvalue weighted by atomic mass is 32.1. The monoisotopic (exact) mass is 333 g/mol. The van der Waals surface area contributed by atoms with Crippen molar-refractivity contribution in [1.82, 2.24) is 15.3 Å². The van der Waals surface area contributed by atoms with Gasteiger partial charge in [0.1, 0.15) is 5.69 Å². The van der Waals surface area contributed by atoms with Gasteiger partial charge in [-0.05, 0) is 17.5 Å². The van der Waals surface area contributed by atoms with E-state index < -0.39 is 0 Å². The minimum absolute atomic E-state index is 0.184. The van der Waals surface area contributed by atoms with Crippen LogP contribution in [0.15, 0.2) is 54.7 Å². The van der Waals surface area contributed by atoms with Gasteiger partial charge in [0.25, 0.3) is 5.91 Å². The third kappa shape index (κ3) is 2.47. The summed E-state index contributed by atoms with van der Waals surface area (Å²) in [7, 11) is 0. The normalized spacial score (nSPS) is 11.2. The van der Waals surface area contributed by atoms with Crippen LogP contribution in [0.1, 0.15) is 10.5 Å². The molecule has 4 nitrogen and oxygen atoms in total. The summed E-state index contributed by atoms with van der Waals surface area (Å²) < 4.78 is 0. The Bertz CT molecular complexity index is 1070. The number of rotatable bonds is 3. The van der Waals surface area contributed by atoms with E-state index in [9.17, 15) is 4.79 Å². The third-order valence-electron chi connectivity index (χ3n) is 4.04. The molecule has 0 saturated heterocycles. The number of nitrogens with zero attached hydrogens (tertiary/aromatic N) is 2. The Kier molecular flexibility index (Phi) is 3.78. The maximum atomic E-state index is 12.2. The molecule has 24 heavy (non-hydrogen) atoms. The fourth-order valence-corrected chi connectivity index (χ4v) is 3.03. The topological polar surface area (TPSA) is 54.9 Å². The Labute approximate surface area is 144 Å². The van der Waals surface area contributed by atoms with Crippen molar-refractivity contribution >= 4 is 51.1 Å². The summed E-state index contributed by atoms with van der Waals surface area (Å²) in [5.74, 6) is 0.410. The molecule has 1 N–H and O–H groups in total. The number of thiol groups is 1. The summed E-state index contributed by atoms with van der Waals surface area (Å²) in [6.45, 7) is 0.516. The van der Waals surface area contributed by atoms with Crippen LogP contribution in [0.25, 0.3) is 32.6 Å². The van der Waals surface area contributed by atoms with Crippen LogP contribution in [0, 0.1) is 0 Å². The molecule has 0 bridgehead atoms. The Morgan fingerprint density at radius 2 is 1.67 bits per heavy atom. The van der Waals surface area contributed by atoms with E-state index in [1.807, 2.05) is 24.3 Å². The van der Waals surface area contributed by atoms with Crippen molar-refractivity contribution < 1.29 is 4.79 Å². The van der Waals surface area contributed by atoms with Crippen LogP contribution < -0.4 is 5.32 Å². The van der Waals surface area contributed by atoms with Crippen molar-refractivity contribution in [3.63, 3.8) is 0 Å². The number of aromatic nitrogens is 2. The maximum absolute atomic E-state index is 12.2. The van der Waals surface area contributed by atoms with Crippen LogP contribution in [0.4, 0.5) is 0 Å². The van der Waals surface area contributed by atoms with Crippen molar-refractivity contribution in [2.75, 3.05) is 12.3 Å². The lowest BCUT2D eigenvalue weighted by atomic mass is 10.0. The molecule has 4 rings (SSSR count). The van der Waals surface area contributed by atoms with Gasteiger partial charge in [-0.1, -0.05) is 36.4 Å². The van der Waals surface area contributed by atoms with Crippen molar-refractivity contribution in [3.05, 3.63) is 60.4 Å². The van der Waals surface area contributed by atoms with Gasteiger partial charge in [0.2, 0.25) is 0 Å². The molecule has 0 radical (unpaired) electrons. The predicted molar refractivity (Wildman–Crippen MR) is 101 cm³/mol. The largest absolute Gasteiger partial charge is 0.350 e. The van der Waals surface area contributed by atoms with Gasteiger partial charge >= 0.3 is 0 Å². The van der Waals surface area contributed by atoms with Crippen molar-refractivity contribution in [1.29, 1.82) is 0 Å². The second-order valence-corrected chi connectivity index (χ2v) is 6.00. The number of hydrogen-bond donors (Lipinski definition) is 2. The Hall–Kier alpha value is -2.66. The molecule has 118 valence electrons. The Morgan fingerprint density at radius 3 is 2.46 bits per heavy atom. The molecule has 5 heteroatoms. The molecule has 2 aromatic heterocycles. The van der Waals surface area contributed by atoms with Gasteiger partial charge in [0.05, 0.1) is 11.0 Å². The molecule has 0 saturated carbocycles. The molecule has 0 fully saturated rings. The van der Waals surface area contributed by atoms with Crippen LogP contribution in [0.3, 0.4) is 0 Å². The third-order valence-corrected chi connectivity index (χ3v) is 4.27. The summed E-state index contributed by atoms with van der Waals surface area (Å²) in [6.07, 6.45) is 1.78. The van der Waals surface area contributed by atoms with Gasteiger partial charge in [0.15, 0.2) is 0 Å². The molecule has 0 spiro atoms. The van der Waals surface area contributed by atoms with E-state index in [1.165, 1.54) is 0 Å². The lowest BCUT2D eigenvalue weighted by Crippen LogP contribution is -2.26. The zero-order valence-electron chi connectivity index (χ0n) is 12.9. The molecule has 1 amide bonds. The first kappa shape index (κ1) is 14.9. The van der Waals surface area contributed by atoms with Gasteiger partial charge in [-0.3, -0.25) is 9.78 Å². The minimum atomic E-state index is -0.184. The van der Waals surface area contributed by atoms with Gasteiger partial charge in [0, 0.05) is 34.7 Å². The van der Waals surface area contributed by atoms with Crippen LogP contribution in [0.5, 0.6) is 0 Å². The zero-order chi connectivity index (χ0) is 16.5. The summed E-state index contributed by atoms with van der Waals surface area (Å²) in [6, 6.07) is 15.8. The van der Waals surface area contributed by atoms with Gasteiger partial charge in [-0.2, -0.15) is 12.6 Å². The highest BCUT2D eigenvalue weighted by Crippen LogP contribution is 2.29. The second kappa shape index (κ2) is 6.09. The molecule has 0 aliphatic carbocycles. The first-order chi connectivity index (χ1) is 11.8. The quantitative estimate of drug-likeness (QED) is 0.445. The van der Waals surface area contributed by atoms with Gasteiger partial charge < -0.3 is 5.32 Å². The summed E-state index contributed by atoms with van der Waals surface area (Å²) in [5, 5.41) is 6.90. The first-order valence-corrected chi connectivity index (χ1v) is 8.37. The average molecular weight is 333 g/mol. The molecule has 2 heterocycles. The van der Waals surface area contributed by atoms with Crippen LogP contribution >= 0.6 is 12.6 Å². The van der Waals surface area contributed by atoms with Crippen LogP contribution in [0.2, 0.25) is 0 Å². The van der Waals surface area contributed by atoms with Gasteiger partial charge in [-0.15, -0.1) is 0 Å². The van der Waals surface area contributed by atoms with Gasteiger partial charge in [-0.25, -0.2) is 4.98 Å². The molecule has 0 aliphatic heterocycles. The fraction of sp³-hybridized carbons (Fsp3) is 0.105. The average Bonchev–Trinajstić information content (AvgIpc) is 2.65. The van der Waals surface area contributed by atoms with E-state index in [2.05, 4.69) is 46.1 Å². The smallest absolute Gasteiger partial charge is 0.269 e. The molecule has 0 unspecified atom stereocenters. The number of carbonyl (C=O) groups is 1. The number of benzene rings is 2. The second-order valence-electron chi connectivity index (χ2n) is 5.55. The maximum Gasteiger partial charge on any atom is 0.269 e. The van der Waals surface area contributed by atoms with E-state index in [1.54, 1.807) is 12.3 Å². The number of nitrogens with one attached hydrogen (secondary N) is 1.